The molecule has 2 amide bonds. The van der Waals surface area contributed by atoms with Crippen LogP contribution in [0.25, 0.3) is 0 Å². The Morgan fingerprint density at radius 1 is 0.808 bits per heavy atom. The molecule has 156 valence electrons. The monoisotopic (exact) mass is 392 g/mol. The van der Waals surface area contributed by atoms with Crippen molar-refractivity contribution in [3.8, 4) is 0 Å². The Morgan fingerprint density at radius 2 is 1.23 bits per heavy atom. The minimum absolute atomic E-state index is 0.198. The van der Waals surface area contributed by atoms with Crippen LogP contribution in [-0.2, 0) is 9.05 Å². The fraction of sp³-hybridized carbons (Fsp3) is 0.947. The summed E-state index contributed by atoms with van der Waals surface area (Å²) in [5.41, 5.74) is 4.91. The molecule has 0 aromatic carbocycles. The van der Waals surface area contributed by atoms with Gasteiger partial charge in [0, 0.05) is 6.54 Å². The maximum atomic E-state index is 10.4. The smallest absolute Gasteiger partial charge is 0.329 e. The number of primary amides is 1. The Hall–Kier alpha value is -0.420. The van der Waals surface area contributed by atoms with Crippen molar-refractivity contribution in [3.63, 3.8) is 0 Å². The molecule has 0 heterocycles. The highest BCUT2D eigenvalue weighted by Crippen LogP contribution is 2.32. The standard InChI is InChI=1S/C19H41N2O4P/c1-2-3-4-5-6-7-8-9-10-11-12-13-14-15-17-24-26(23)25-18-16-21-19(20)22/h23H,2-18H2,1H3,(H3,20,21,22). The molecule has 7 heteroatoms. The summed E-state index contributed by atoms with van der Waals surface area (Å²) < 4.78 is 10.2. The Labute approximate surface area is 161 Å². The van der Waals surface area contributed by atoms with Crippen molar-refractivity contribution in [1.82, 2.24) is 5.32 Å². The van der Waals surface area contributed by atoms with Crippen LogP contribution in [0.15, 0.2) is 0 Å². The fourth-order valence-electron chi connectivity index (χ4n) is 2.77. The van der Waals surface area contributed by atoms with E-state index in [1.807, 2.05) is 0 Å². The van der Waals surface area contributed by atoms with E-state index in [9.17, 15) is 9.69 Å². The van der Waals surface area contributed by atoms with E-state index in [2.05, 4.69) is 12.2 Å². The first-order valence-electron chi connectivity index (χ1n) is 10.4. The molecule has 6 nitrogen and oxygen atoms in total. The van der Waals surface area contributed by atoms with Crippen LogP contribution >= 0.6 is 8.60 Å². The highest BCUT2D eigenvalue weighted by molar-refractivity contribution is 7.40. The quantitative estimate of drug-likeness (QED) is 0.191. The molecular formula is C19H41N2O4P. The SMILES string of the molecule is CCCCCCCCCCCCCCCCOP(O)OCCNC(N)=O. The topological polar surface area (TPSA) is 93.8 Å². The molecule has 1 unspecified atom stereocenters. The number of carbonyl (C=O) groups excluding carboxylic acids is 1. The minimum Gasteiger partial charge on any atom is -0.352 e. The van der Waals surface area contributed by atoms with Crippen LogP contribution in [0.5, 0.6) is 0 Å². The van der Waals surface area contributed by atoms with Crippen molar-refractivity contribution in [2.75, 3.05) is 19.8 Å². The Morgan fingerprint density at radius 3 is 1.69 bits per heavy atom. The van der Waals surface area contributed by atoms with Gasteiger partial charge in [0.1, 0.15) is 0 Å². The highest BCUT2D eigenvalue weighted by atomic mass is 31.2. The molecule has 0 aromatic rings. The van der Waals surface area contributed by atoms with Crippen molar-refractivity contribution in [2.24, 2.45) is 5.73 Å². The van der Waals surface area contributed by atoms with Gasteiger partial charge >= 0.3 is 14.6 Å². The number of hydrogen-bond donors (Lipinski definition) is 3. The third kappa shape index (κ3) is 21.6. The number of rotatable bonds is 20. The van der Waals surface area contributed by atoms with Crippen LogP contribution < -0.4 is 11.1 Å². The molecule has 1 atom stereocenters. The van der Waals surface area contributed by atoms with Gasteiger partial charge in [-0.05, 0) is 6.42 Å². The van der Waals surface area contributed by atoms with Crippen molar-refractivity contribution >= 4 is 14.6 Å². The van der Waals surface area contributed by atoms with E-state index in [0.717, 1.165) is 12.8 Å². The van der Waals surface area contributed by atoms with Gasteiger partial charge in [-0.25, -0.2) is 4.79 Å². The molecule has 0 fully saturated rings. The molecule has 0 saturated heterocycles. The number of unbranched alkanes of at least 4 members (excludes halogenated alkanes) is 13. The summed E-state index contributed by atoms with van der Waals surface area (Å²) in [5.74, 6) is 0. The molecule has 0 rings (SSSR count). The second kappa shape index (κ2) is 20.9. The number of hydrogen-bond acceptors (Lipinski definition) is 4. The summed E-state index contributed by atoms with van der Waals surface area (Å²) in [6.07, 6.45) is 18.5. The highest BCUT2D eigenvalue weighted by Gasteiger charge is 2.06. The second-order valence-corrected chi connectivity index (χ2v) is 7.78. The lowest BCUT2D eigenvalue weighted by atomic mass is 10.0. The van der Waals surface area contributed by atoms with Gasteiger partial charge in [0.25, 0.3) is 0 Å². The Bertz CT molecular complexity index is 309. The number of carbonyl (C=O) groups is 1. The summed E-state index contributed by atoms with van der Waals surface area (Å²) in [6, 6.07) is -0.598. The van der Waals surface area contributed by atoms with Crippen LogP contribution in [0.2, 0.25) is 0 Å². The maximum absolute atomic E-state index is 10.4. The predicted octanol–water partition coefficient (Wildman–Crippen LogP) is 5.39. The van der Waals surface area contributed by atoms with Crippen LogP contribution in [-0.4, -0.2) is 30.7 Å². The van der Waals surface area contributed by atoms with E-state index >= 15 is 0 Å². The van der Waals surface area contributed by atoms with Gasteiger partial charge in [-0.1, -0.05) is 90.4 Å². The van der Waals surface area contributed by atoms with E-state index in [0.29, 0.717) is 6.61 Å². The van der Waals surface area contributed by atoms with E-state index in [-0.39, 0.29) is 13.2 Å². The maximum Gasteiger partial charge on any atom is 0.329 e. The summed E-state index contributed by atoms with van der Waals surface area (Å²) in [5, 5.41) is 2.38. The molecule has 0 bridgehead atoms. The van der Waals surface area contributed by atoms with Gasteiger partial charge in [-0.2, -0.15) is 0 Å². The molecule has 0 aliphatic carbocycles. The van der Waals surface area contributed by atoms with Crippen LogP contribution in [0.4, 0.5) is 4.79 Å². The summed E-state index contributed by atoms with van der Waals surface area (Å²) in [6.45, 7) is 3.25. The first-order valence-corrected chi connectivity index (χ1v) is 11.6. The average molecular weight is 393 g/mol. The molecule has 26 heavy (non-hydrogen) atoms. The zero-order chi connectivity index (χ0) is 19.3. The zero-order valence-corrected chi connectivity index (χ0v) is 17.6. The second-order valence-electron chi connectivity index (χ2n) is 6.79. The van der Waals surface area contributed by atoms with E-state index in [1.54, 1.807) is 0 Å². The Balaban J connectivity index is 3.11. The third-order valence-electron chi connectivity index (χ3n) is 4.30. The average Bonchev–Trinajstić information content (AvgIpc) is 2.62. The largest absolute Gasteiger partial charge is 0.352 e. The minimum atomic E-state index is -1.85. The molecule has 0 aliphatic heterocycles. The molecule has 0 radical (unpaired) electrons. The first kappa shape index (κ1) is 25.6. The van der Waals surface area contributed by atoms with E-state index in [1.165, 1.54) is 77.0 Å². The van der Waals surface area contributed by atoms with Crippen molar-refractivity contribution < 1.29 is 18.7 Å². The van der Waals surface area contributed by atoms with Crippen molar-refractivity contribution in [2.45, 2.75) is 96.8 Å². The van der Waals surface area contributed by atoms with Gasteiger partial charge < -0.3 is 25.0 Å². The molecule has 0 aliphatic rings. The van der Waals surface area contributed by atoms with Crippen molar-refractivity contribution in [1.29, 1.82) is 0 Å². The molecule has 4 N–H and O–H groups in total. The van der Waals surface area contributed by atoms with Crippen LogP contribution in [0.1, 0.15) is 96.8 Å². The van der Waals surface area contributed by atoms with E-state index < -0.39 is 14.6 Å². The first-order chi connectivity index (χ1) is 12.7. The third-order valence-corrected chi connectivity index (χ3v) is 5.11. The number of amides is 2. The van der Waals surface area contributed by atoms with Crippen molar-refractivity contribution in [3.05, 3.63) is 0 Å². The lowest BCUT2D eigenvalue weighted by molar-refractivity contribution is 0.196. The summed E-state index contributed by atoms with van der Waals surface area (Å²) in [7, 11) is -1.85. The lowest BCUT2D eigenvalue weighted by Crippen LogP contribution is -2.31. The predicted molar refractivity (Wildman–Crippen MR) is 109 cm³/mol. The van der Waals surface area contributed by atoms with Gasteiger partial charge in [0.2, 0.25) is 0 Å². The normalized spacial score (nSPS) is 12.2. The lowest BCUT2D eigenvalue weighted by Gasteiger charge is -2.10. The van der Waals surface area contributed by atoms with E-state index in [4.69, 9.17) is 14.8 Å². The van der Waals surface area contributed by atoms with Gasteiger partial charge in [0.15, 0.2) is 0 Å². The van der Waals surface area contributed by atoms with Gasteiger partial charge in [-0.3, -0.25) is 0 Å². The number of nitrogens with one attached hydrogen (secondary N) is 1. The molecule has 0 spiro atoms. The van der Waals surface area contributed by atoms with Gasteiger partial charge in [0.05, 0.1) is 13.2 Å². The zero-order valence-electron chi connectivity index (χ0n) is 16.7. The number of urea groups is 1. The summed E-state index contributed by atoms with van der Waals surface area (Å²) >= 11 is 0. The molecule has 0 aromatic heterocycles. The molecule has 0 saturated carbocycles. The fourth-order valence-corrected chi connectivity index (χ4v) is 3.38. The van der Waals surface area contributed by atoms with Gasteiger partial charge in [-0.15, -0.1) is 0 Å². The molecular weight excluding hydrogens is 351 g/mol. The number of nitrogens with two attached hydrogens (primary N) is 1. The van der Waals surface area contributed by atoms with Crippen LogP contribution in [0.3, 0.4) is 0 Å². The summed E-state index contributed by atoms with van der Waals surface area (Å²) in [4.78, 5) is 19.9. The van der Waals surface area contributed by atoms with Crippen LogP contribution in [0, 0.1) is 0 Å². The Kier molecular flexibility index (Phi) is 20.5.